The first-order chi connectivity index (χ1) is 11.6. The number of carbonyl (C=O) groups is 2. The highest BCUT2D eigenvalue weighted by Gasteiger charge is 2.13. The maximum Gasteiger partial charge on any atom is 0.329 e. The van der Waals surface area contributed by atoms with E-state index >= 15 is 0 Å². The maximum absolute atomic E-state index is 11.9. The van der Waals surface area contributed by atoms with Crippen molar-refractivity contribution in [2.45, 2.75) is 6.92 Å². The van der Waals surface area contributed by atoms with Crippen LogP contribution >= 0.6 is 0 Å². The van der Waals surface area contributed by atoms with Gasteiger partial charge in [0.05, 0.1) is 6.21 Å². The fourth-order valence-corrected chi connectivity index (χ4v) is 2.30. The van der Waals surface area contributed by atoms with Crippen LogP contribution in [0.5, 0.6) is 0 Å². The lowest BCUT2D eigenvalue weighted by Crippen LogP contribution is -2.32. The highest BCUT2D eigenvalue weighted by atomic mass is 16.2. The molecule has 24 heavy (non-hydrogen) atoms. The molecule has 3 N–H and O–H groups in total. The second-order valence-corrected chi connectivity index (χ2v) is 5.26. The Labute approximate surface area is 138 Å². The van der Waals surface area contributed by atoms with E-state index in [1.807, 2.05) is 43.3 Å². The molecule has 1 heterocycles. The van der Waals surface area contributed by atoms with E-state index in [2.05, 4.69) is 20.8 Å². The number of hydrogen-bond donors (Lipinski definition) is 3. The zero-order valence-electron chi connectivity index (χ0n) is 13.0. The second-order valence-electron chi connectivity index (χ2n) is 5.26. The SMILES string of the molecule is Cc1ccccc1NC(=O)C(=O)NN=Cc1c[nH]c2ccccc12. The van der Waals surface area contributed by atoms with Crippen molar-refractivity contribution in [2.75, 3.05) is 5.32 Å². The number of rotatable bonds is 3. The summed E-state index contributed by atoms with van der Waals surface area (Å²) in [7, 11) is 0. The quantitative estimate of drug-likeness (QED) is 0.393. The fraction of sp³-hybridized carbons (Fsp3) is 0.0556. The van der Waals surface area contributed by atoms with E-state index < -0.39 is 11.8 Å². The molecule has 0 spiro atoms. The molecular formula is C18H16N4O2. The van der Waals surface area contributed by atoms with Crippen LogP contribution in [0.15, 0.2) is 59.8 Å². The minimum atomic E-state index is -0.825. The number of nitrogens with one attached hydrogen (secondary N) is 3. The molecule has 6 nitrogen and oxygen atoms in total. The van der Waals surface area contributed by atoms with Crippen molar-refractivity contribution < 1.29 is 9.59 Å². The topological polar surface area (TPSA) is 86.3 Å². The molecule has 0 bridgehead atoms. The molecule has 120 valence electrons. The van der Waals surface area contributed by atoms with Crippen molar-refractivity contribution in [3.8, 4) is 0 Å². The van der Waals surface area contributed by atoms with Gasteiger partial charge in [0, 0.05) is 28.4 Å². The van der Waals surface area contributed by atoms with Gasteiger partial charge < -0.3 is 10.3 Å². The lowest BCUT2D eigenvalue weighted by atomic mass is 10.2. The Morgan fingerprint density at radius 1 is 1.04 bits per heavy atom. The van der Waals surface area contributed by atoms with Gasteiger partial charge in [0.25, 0.3) is 0 Å². The second kappa shape index (κ2) is 6.78. The average molecular weight is 320 g/mol. The summed E-state index contributed by atoms with van der Waals surface area (Å²) in [6, 6.07) is 15.0. The lowest BCUT2D eigenvalue weighted by molar-refractivity contribution is -0.136. The van der Waals surface area contributed by atoms with E-state index in [1.165, 1.54) is 6.21 Å². The largest absolute Gasteiger partial charge is 0.361 e. The van der Waals surface area contributed by atoms with Gasteiger partial charge in [-0.1, -0.05) is 36.4 Å². The van der Waals surface area contributed by atoms with Crippen LogP contribution in [0.1, 0.15) is 11.1 Å². The molecule has 3 aromatic rings. The Bertz CT molecular complexity index is 927. The molecule has 0 unspecified atom stereocenters. The number of aryl methyl sites for hydroxylation is 1. The summed E-state index contributed by atoms with van der Waals surface area (Å²) in [6.07, 6.45) is 3.28. The fourth-order valence-electron chi connectivity index (χ4n) is 2.30. The van der Waals surface area contributed by atoms with Gasteiger partial charge in [-0.2, -0.15) is 5.10 Å². The van der Waals surface area contributed by atoms with Crippen LogP contribution in [-0.2, 0) is 9.59 Å². The molecule has 6 heteroatoms. The number of benzene rings is 2. The summed E-state index contributed by atoms with van der Waals surface area (Å²) in [5, 5.41) is 7.38. The monoisotopic (exact) mass is 320 g/mol. The summed E-state index contributed by atoms with van der Waals surface area (Å²) < 4.78 is 0. The molecule has 0 aliphatic heterocycles. The van der Waals surface area contributed by atoms with Crippen molar-refractivity contribution in [1.82, 2.24) is 10.4 Å². The van der Waals surface area contributed by atoms with Crippen LogP contribution in [0, 0.1) is 6.92 Å². The Morgan fingerprint density at radius 3 is 2.62 bits per heavy atom. The zero-order valence-corrected chi connectivity index (χ0v) is 13.0. The number of nitrogens with zero attached hydrogens (tertiary/aromatic N) is 1. The number of para-hydroxylation sites is 2. The average Bonchev–Trinajstić information content (AvgIpc) is 3.00. The van der Waals surface area contributed by atoms with E-state index in [0.717, 1.165) is 22.0 Å². The van der Waals surface area contributed by atoms with Crippen LogP contribution < -0.4 is 10.7 Å². The minimum Gasteiger partial charge on any atom is -0.361 e. The maximum atomic E-state index is 11.9. The van der Waals surface area contributed by atoms with Crippen molar-refractivity contribution in [2.24, 2.45) is 5.10 Å². The van der Waals surface area contributed by atoms with E-state index in [9.17, 15) is 9.59 Å². The normalized spacial score (nSPS) is 10.9. The molecule has 0 aliphatic rings. The number of aromatic nitrogens is 1. The van der Waals surface area contributed by atoms with Gasteiger partial charge in [0.1, 0.15) is 0 Å². The third-order valence-corrected chi connectivity index (χ3v) is 3.59. The van der Waals surface area contributed by atoms with Crippen LogP contribution in [0.4, 0.5) is 5.69 Å². The minimum absolute atomic E-state index is 0.596. The third kappa shape index (κ3) is 3.33. The van der Waals surface area contributed by atoms with Gasteiger partial charge in [0.15, 0.2) is 0 Å². The number of H-pyrrole nitrogens is 1. The van der Waals surface area contributed by atoms with Crippen molar-refractivity contribution in [3.05, 3.63) is 65.9 Å². The van der Waals surface area contributed by atoms with Gasteiger partial charge in [-0.15, -0.1) is 0 Å². The number of fused-ring (bicyclic) bond motifs is 1. The van der Waals surface area contributed by atoms with Gasteiger partial charge in [-0.25, -0.2) is 5.43 Å². The molecule has 1 aromatic heterocycles. The van der Waals surface area contributed by atoms with Gasteiger partial charge in [0.2, 0.25) is 0 Å². The Balaban J connectivity index is 1.62. The zero-order chi connectivity index (χ0) is 16.9. The Kier molecular flexibility index (Phi) is 4.38. The van der Waals surface area contributed by atoms with Crippen molar-refractivity contribution in [1.29, 1.82) is 0 Å². The first-order valence-electron chi connectivity index (χ1n) is 7.41. The molecule has 0 radical (unpaired) electrons. The van der Waals surface area contributed by atoms with Gasteiger partial charge in [-0.3, -0.25) is 9.59 Å². The summed E-state index contributed by atoms with van der Waals surface area (Å²) in [5.41, 5.74) is 5.50. The van der Waals surface area contributed by atoms with E-state index in [1.54, 1.807) is 18.3 Å². The summed E-state index contributed by atoms with van der Waals surface area (Å²) >= 11 is 0. The van der Waals surface area contributed by atoms with Crippen molar-refractivity contribution in [3.63, 3.8) is 0 Å². The first kappa shape index (κ1) is 15.5. The van der Waals surface area contributed by atoms with Crippen LogP contribution in [-0.4, -0.2) is 23.0 Å². The molecule has 3 rings (SSSR count). The number of anilines is 1. The standard InChI is InChI=1S/C18H16N4O2/c1-12-6-2-4-8-15(12)21-17(23)18(24)22-20-11-13-10-19-16-9-5-3-7-14(13)16/h2-11,19H,1H3,(H,21,23)(H,22,24). The van der Waals surface area contributed by atoms with Gasteiger partial charge in [-0.05, 0) is 24.6 Å². The molecule has 0 aliphatic carbocycles. The van der Waals surface area contributed by atoms with E-state index in [4.69, 9.17) is 0 Å². The molecule has 0 saturated carbocycles. The number of amides is 2. The van der Waals surface area contributed by atoms with E-state index in [0.29, 0.717) is 5.69 Å². The Morgan fingerprint density at radius 2 is 1.79 bits per heavy atom. The van der Waals surface area contributed by atoms with E-state index in [-0.39, 0.29) is 0 Å². The molecule has 0 fully saturated rings. The van der Waals surface area contributed by atoms with Crippen LogP contribution in [0.2, 0.25) is 0 Å². The van der Waals surface area contributed by atoms with Crippen molar-refractivity contribution >= 4 is 34.6 Å². The van der Waals surface area contributed by atoms with Crippen LogP contribution in [0.25, 0.3) is 10.9 Å². The molecular weight excluding hydrogens is 304 g/mol. The number of hydrazone groups is 1. The third-order valence-electron chi connectivity index (χ3n) is 3.59. The molecule has 0 atom stereocenters. The summed E-state index contributed by atoms with van der Waals surface area (Å²) in [5.74, 6) is -1.59. The first-order valence-corrected chi connectivity index (χ1v) is 7.41. The predicted molar refractivity (Wildman–Crippen MR) is 93.8 cm³/mol. The van der Waals surface area contributed by atoms with Gasteiger partial charge >= 0.3 is 11.8 Å². The molecule has 2 aromatic carbocycles. The number of aromatic amines is 1. The lowest BCUT2D eigenvalue weighted by Gasteiger charge is -2.06. The summed E-state index contributed by atoms with van der Waals surface area (Å²) in [4.78, 5) is 26.8. The number of carbonyl (C=O) groups excluding carboxylic acids is 2. The Hall–Kier alpha value is -3.41. The highest BCUT2D eigenvalue weighted by Crippen LogP contribution is 2.15. The predicted octanol–water partition coefficient (Wildman–Crippen LogP) is 2.57. The van der Waals surface area contributed by atoms with Crippen LogP contribution in [0.3, 0.4) is 0 Å². The number of hydrogen-bond acceptors (Lipinski definition) is 3. The highest BCUT2D eigenvalue weighted by molar-refractivity contribution is 6.39. The smallest absolute Gasteiger partial charge is 0.329 e. The summed E-state index contributed by atoms with van der Waals surface area (Å²) in [6.45, 7) is 1.85. The molecule has 2 amide bonds. The molecule has 0 saturated heterocycles.